The number of hydrogen-bond acceptors (Lipinski definition) is 4. The van der Waals surface area contributed by atoms with Gasteiger partial charge >= 0.3 is 0 Å². The first-order chi connectivity index (χ1) is 10.3. The molecule has 1 heterocycles. The van der Waals surface area contributed by atoms with Gasteiger partial charge in [0.05, 0.1) is 13.2 Å². The number of aliphatic imine (C=N–C) groups is 1. The van der Waals surface area contributed by atoms with Crippen molar-refractivity contribution in [1.29, 1.82) is 0 Å². The average molecular weight is 416 g/mol. The Morgan fingerprint density at radius 1 is 1.27 bits per heavy atom. The molecule has 0 aliphatic carbocycles. The molecule has 2 N–H and O–H groups in total. The summed E-state index contributed by atoms with van der Waals surface area (Å²) in [5.41, 5.74) is 1.84. The number of benzene rings is 1. The first-order valence-electron chi connectivity index (χ1n) is 6.78. The van der Waals surface area contributed by atoms with E-state index in [1.807, 2.05) is 36.4 Å². The van der Waals surface area contributed by atoms with Crippen LogP contribution in [0.5, 0.6) is 0 Å². The van der Waals surface area contributed by atoms with Crippen LogP contribution in [0.4, 0.5) is 0 Å². The molecule has 0 fully saturated rings. The van der Waals surface area contributed by atoms with Crippen molar-refractivity contribution in [3.8, 4) is 11.3 Å². The van der Waals surface area contributed by atoms with Crippen LogP contribution < -0.4 is 10.6 Å². The van der Waals surface area contributed by atoms with Gasteiger partial charge in [0.15, 0.2) is 11.7 Å². The summed E-state index contributed by atoms with van der Waals surface area (Å²) in [5.74, 6) is 1.46. The highest BCUT2D eigenvalue weighted by molar-refractivity contribution is 14.0. The standard InChI is InChI=1S/C15H20N4O2.HI/c1-16-15(17-8-9-20-2)18-11-13-10-14(21-19-13)12-6-4-3-5-7-12;/h3-7,10H,8-9,11H2,1-2H3,(H2,16,17,18);1H. The lowest BCUT2D eigenvalue weighted by Crippen LogP contribution is -2.38. The summed E-state index contributed by atoms with van der Waals surface area (Å²) in [6, 6.07) is 11.8. The third-order valence-electron chi connectivity index (χ3n) is 2.88. The van der Waals surface area contributed by atoms with E-state index in [2.05, 4.69) is 20.8 Å². The fraction of sp³-hybridized carbons (Fsp3) is 0.333. The fourth-order valence-corrected chi connectivity index (χ4v) is 1.80. The molecular formula is C15H21IN4O2. The number of nitrogens with zero attached hydrogens (tertiary/aromatic N) is 2. The van der Waals surface area contributed by atoms with E-state index in [-0.39, 0.29) is 24.0 Å². The van der Waals surface area contributed by atoms with Crippen LogP contribution in [0.1, 0.15) is 5.69 Å². The van der Waals surface area contributed by atoms with Crippen LogP contribution in [0.2, 0.25) is 0 Å². The molecule has 1 aromatic heterocycles. The molecule has 0 aliphatic rings. The zero-order valence-electron chi connectivity index (χ0n) is 12.7. The maximum absolute atomic E-state index is 5.34. The Hall–Kier alpha value is -1.61. The highest BCUT2D eigenvalue weighted by atomic mass is 127. The molecule has 0 saturated heterocycles. The van der Waals surface area contributed by atoms with E-state index in [1.165, 1.54) is 0 Å². The predicted molar refractivity (Wildman–Crippen MR) is 97.4 cm³/mol. The second-order valence-corrected chi connectivity index (χ2v) is 4.39. The molecule has 7 heteroatoms. The number of guanidine groups is 1. The van der Waals surface area contributed by atoms with Crippen molar-refractivity contribution in [3.05, 3.63) is 42.1 Å². The van der Waals surface area contributed by atoms with Crippen LogP contribution in [-0.2, 0) is 11.3 Å². The number of ether oxygens (including phenoxy) is 1. The van der Waals surface area contributed by atoms with Gasteiger partial charge in [-0.2, -0.15) is 0 Å². The van der Waals surface area contributed by atoms with Crippen molar-refractivity contribution >= 4 is 29.9 Å². The Morgan fingerprint density at radius 3 is 2.73 bits per heavy atom. The van der Waals surface area contributed by atoms with Crippen LogP contribution in [0, 0.1) is 0 Å². The fourth-order valence-electron chi connectivity index (χ4n) is 1.80. The summed E-state index contributed by atoms with van der Waals surface area (Å²) in [4.78, 5) is 4.12. The smallest absolute Gasteiger partial charge is 0.191 e. The van der Waals surface area contributed by atoms with Gasteiger partial charge in [0.25, 0.3) is 0 Å². The molecule has 2 aromatic rings. The quantitative estimate of drug-likeness (QED) is 0.327. The van der Waals surface area contributed by atoms with Crippen molar-refractivity contribution in [1.82, 2.24) is 15.8 Å². The van der Waals surface area contributed by atoms with Crippen LogP contribution in [0.3, 0.4) is 0 Å². The van der Waals surface area contributed by atoms with E-state index >= 15 is 0 Å². The minimum Gasteiger partial charge on any atom is -0.383 e. The van der Waals surface area contributed by atoms with Gasteiger partial charge in [-0.05, 0) is 0 Å². The molecule has 2 rings (SSSR count). The summed E-state index contributed by atoms with van der Waals surface area (Å²) in [5, 5.41) is 10.4. The first kappa shape index (κ1) is 18.4. The highest BCUT2D eigenvalue weighted by Crippen LogP contribution is 2.19. The van der Waals surface area contributed by atoms with Crippen LogP contribution >= 0.6 is 24.0 Å². The number of nitrogens with one attached hydrogen (secondary N) is 2. The van der Waals surface area contributed by atoms with Crippen LogP contribution in [-0.4, -0.2) is 38.4 Å². The van der Waals surface area contributed by atoms with Gasteiger partial charge in [-0.3, -0.25) is 4.99 Å². The topological polar surface area (TPSA) is 71.7 Å². The molecule has 1 aromatic carbocycles. The Morgan fingerprint density at radius 2 is 2.05 bits per heavy atom. The number of halogens is 1. The lowest BCUT2D eigenvalue weighted by Gasteiger charge is -2.09. The maximum Gasteiger partial charge on any atom is 0.191 e. The van der Waals surface area contributed by atoms with E-state index in [1.54, 1.807) is 14.2 Å². The molecule has 0 atom stereocenters. The maximum atomic E-state index is 5.34. The molecule has 0 saturated carbocycles. The Kier molecular flexibility index (Phi) is 8.53. The van der Waals surface area contributed by atoms with Gasteiger partial charge in [0.1, 0.15) is 5.69 Å². The minimum absolute atomic E-state index is 0. The molecule has 22 heavy (non-hydrogen) atoms. The van der Waals surface area contributed by atoms with Gasteiger partial charge in [-0.1, -0.05) is 35.5 Å². The Bertz CT molecular complexity index is 572. The van der Waals surface area contributed by atoms with Crippen molar-refractivity contribution < 1.29 is 9.26 Å². The molecular weight excluding hydrogens is 395 g/mol. The minimum atomic E-state index is 0. The molecule has 6 nitrogen and oxygen atoms in total. The van der Waals surface area contributed by atoms with Gasteiger partial charge in [-0.25, -0.2) is 0 Å². The molecule has 0 spiro atoms. The normalized spacial score (nSPS) is 10.9. The Balaban J connectivity index is 0.00000242. The predicted octanol–water partition coefficient (Wildman–Crippen LogP) is 2.27. The van der Waals surface area contributed by atoms with Gasteiger partial charge < -0.3 is 19.9 Å². The third kappa shape index (κ3) is 5.64. The van der Waals surface area contributed by atoms with Gasteiger partial charge in [0.2, 0.25) is 0 Å². The number of rotatable bonds is 6. The molecule has 0 unspecified atom stereocenters. The van der Waals surface area contributed by atoms with Gasteiger partial charge in [-0.15, -0.1) is 24.0 Å². The van der Waals surface area contributed by atoms with Crippen LogP contribution in [0.25, 0.3) is 11.3 Å². The largest absolute Gasteiger partial charge is 0.383 e. The number of methoxy groups -OCH3 is 1. The van der Waals surface area contributed by atoms with E-state index in [9.17, 15) is 0 Å². The SMILES string of the molecule is CN=C(NCCOC)NCc1cc(-c2ccccc2)on1.I. The summed E-state index contributed by atoms with van der Waals surface area (Å²) in [6.07, 6.45) is 0. The summed E-state index contributed by atoms with van der Waals surface area (Å²) in [6.45, 7) is 1.87. The summed E-state index contributed by atoms with van der Waals surface area (Å²) in [7, 11) is 3.39. The van der Waals surface area contributed by atoms with E-state index in [0.29, 0.717) is 25.7 Å². The third-order valence-corrected chi connectivity index (χ3v) is 2.88. The average Bonchev–Trinajstić information content (AvgIpc) is 3.00. The van der Waals surface area contributed by atoms with Crippen molar-refractivity contribution in [2.45, 2.75) is 6.54 Å². The highest BCUT2D eigenvalue weighted by Gasteiger charge is 2.06. The summed E-state index contributed by atoms with van der Waals surface area (Å²) >= 11 is 0. The monoisotopic (exact) mass is 416 g/mol. The first-order valence-corrected chi connectivity index (χ1v) is 6.78. The molecule has 0 radical (unpaired) electrons. The lowest BCUT2D eigenvalue weighted by molar-refractivity contribution is 0.203. The zero-order chi connectivity index (χ0) is 14.9. The van der Waals surface area contributed by atoms with Crippen molar-refractivity contribution in [2.24, 2.45) is 4.99 Å². The Labute approximate surface area is 147 Å². The summed E-state index contributed by atoms with van der Waals surface area (Å²) < 4.78 is 10.3. The number of aromatic nitrogens is 1. The van der Waals surface area contributed by atoms with Crippen molar-refractivity contribution in [3.63, 3.8) is 0 Å². The molecule has 0 amide bonds. The number of hydrogen-bond donors (Lipinski definition) is 2. The molecule has 0 bridgehead atoms. The second kappa shape index (κ2) is 10.2. The molecule has 120 valence electrons. The van der Waals surface area contributed by atoms with E-state index in [0.717, 1.165) is 17.0 Å². The van der Waals surface area contributed by atoms with E-state index in [4.69, 9.17) is 9.26 Å². The second-order valence-electron chi connectivity index (χ2n) is 4.39. The van der Waals surface area contributed by atoms with Gasteiger partial charge in [0, 0.05) is 32.3 Å². The van der Waals surface area contributed by atoms with E-state index < -0.39 is 0 Å². The zero-order valence-corrected chi connectivity index (χ0v) is 15.0. The lowest BCUT2D eigenvalue weighted by atomic mass is 10.2. The van der Waals surface area contributed by atoms with Crippen molar-refractivity contribution in [2.75, 3.05) is 27.3 Å². The molecule has 0 aliphatic heterocycles. The van der Waals surface area contributed by atoms with Crippen LogP contribution in [0.15, 0.2) is 45.9 Å².